The first-order chi connectivity index (χ1) is 13.9. The molecule has 2 aliphatic heterocycles. The van der Waals surface area contributed by atoms with Crippen LogP contribution in [0.1, 0.15) is 18.1 Å². The van der Waals surface area contributed by atoms with E-state index in [1.165, 1.54) is 0 Å². The average Bonchev–Trinajstić information content (AvgIpc) is 3.13. The predicted octanol–water partition coefficient (Wildman–Crippen LogP) is 2.56. The quantitative estimate of drug-likeness (QED) is 0.706. The molecule has 0 aromatic heterocycles. The van der Waals surface area contributed by atoms with Crippen LogP contribution in [0.2, 0.25) is 0 Å². The first kappa shape index (κ1) is 19.3. The van der Waals surface area contributed by atoms with Gasteiger partial charge in [0, 0.05) is 12.2 Å². The van der Waals surface area contributed by atoms with Crippen molar-refractivity contribution in [2.24, 2.45) is 0 Å². The molecule has 2 amide bonds. The number of rotatable bonds is 5. The van der Waals surface area contributed by atoms with Crippen LogP contribution in [0.25, 0.3) is 0 Å². The zero-order valence-corrected chi connectivity index (χ0v) is 16.8. The first-order valence-corrected chi connectivity index (χ1v) is 11.3. The van der Waals surface area contributed by atoms with Crippen molar-refractivity contribution in [2.75, 3.05) is 23.0 Å². The third-order valence-corrected chi connectivity index (χ3v) is 7.08. The molecule has 2 aromatic rings. The molecule has 2 aromatic carbocycles. The lowest BCUT2D eigenvalue weighted by atomic mass is 10.1. The van der Waals surface area contributed by atoms with Crippen LogP contribution < -0.4 is 9.64 Å². The second-order valence-corrected chi connectivity index (χ2v) is 9.34. The molecule has 2 aliphatic rings. The minimum atomic E-state index is -3.25. The standard InChI is InChI=1S/C21H21N3O4S/c1-2-28-18-9-7-17(8-10-18)24-20-14-29(26,27)13-19(20)23(21(24)25)12-16-6-4-3-5-15(16)11-22/h3-10,19-20H,2,12-14H2,1H3. The molecule has 2 atom stereocenters. The van der Waals surface area contributed by atoms with E-state index < -0.39 is 21.9 Å². The second kappa shape index (κ2) is 7.41. The molecule has 150 valence electrons. The van der Waals surface area contributed by atoms with Crippen molar-refractivity contribution in [3.8, 4) is 11.8 Å². The Morgan fingerprint density at radius 3 is 2.48 bits per heavy atom. The van der Waals surface area contributed by atoms with E-state index in [0.717, 1.165) is 0 Å². The molecule has 0 bridgehead atoms. The molecule has 0 spiro atoms. The number of amides is 2. The molecular formula is C21H21N3O4S. The summed E-state index contributed by atoms with van der Waals surface area (Å²) in [6.45, 7) is 2.63. The van der Waals surface area contributed by atoms with Gasteiger partial charge < -0.3 is 9.64 Å². The summed E-state index contributed by atoms with van der Waals surface area (Å²) in [6.07, 6.45) is 0. The number of ether oxygens (including phenoxy) is 1. The van der Waals surface area contributed by atoms with Crippen molar-refractivity contribution in [3.63, 3.8) is 0 Å². The molecule has 2 fully saturated rings. The number of urea groups is 1. The van der Waals surface area contributed by atoms with Crippen LogP contribution in [0.15, 0.2) is 48.5 Å². The van der Waals surface area contributed by atoms with Crippen molar-refractivity contribution in [1.29, 1.82) is 5.26 Å². The van der Waals surface area contributed by atoms with Crippen molar-refractivity contribution in [3.05, 3.63) is 59.7 Å². The lowest BCUT2D eigenvalue weighted by Gasteiger charge is -2.23. The highest BCUT2D eigenvalue weighted by molar-refractivity contribution is 7.91. The van der Waals surface area contributed by atoms with Gasteiger partial charge in [-0.15, -0.1) is 0 Å². The predicted molar refractivity (Wildman–Crippen MR) is 108 cm³/mol. The molecule has 0 saturated carbocycles. The van der Waals surface area contributed by atoms with Crippen molar-refractivity contribution in [2.45, 2.75) is 25.6 Å². The van der Waals surface area contributed by atoms with E-state index in [-0.39, 0.29) is 24.1 Å². The number of nitriles is 1. The number of sulfone groups is 1. The number of fused-ring (bicyclic) bond motifs is 1. The third kappa shape index (κ3) is 3.54. The number of carbonyl (C=O) groups excluding carboxylic acids is 1. The lowest BCUT2D eigenvalue weighted by Crippen LogP contribution is -2.37. The summed E-state index contributed by atoms with van der Waals surface area (Å²) in [7, 11) is -3.25. The van der Waals surface area contributed by atoms with E-state index in [1.807, 2.05) is 13.0 Å². The molecule has 2 heterocycles. The zero-order chi connectivity index (χ0) is 20.6. The number of hydrogen-bond acceptors (Lipinski definition) is 5. The highest BCUT2D eigenvalue weighted by Crippen LogP contribution is 2.36. The van der Waals surface area contributed by atoms with Gasteiger partial charge in [0.2, 0.25) is 0 Å². The van der Waals surface area contributed by atoms with Crippen LogP contribution >= 0.6 is 0 Å². The van der Waals surface area contributed by atoms with E-state index in [0.29, 0.717) is 29.2 Å². The molecule has 7 nitrogen and oxygen atoms in total. The summed E-state index contributed by atoms with van der Waals surface area (Å²) in [5, 5.41) is 9.36. The van der Waals surface area contributed by atoms with Gasteiger partial charge in [0.05, 0.1) is 41.8 Å². The summed E-state index contributed by atoms with van der Waals surface area (Å²) < 4.78 is 30.2. The molecule has 29 heavy (non-hydrogen) atoms. The van der Waals surface area contributed by atoms with Crippen molar-refractivity contribution < 1.29 is 17.9 Å². The summed E-state index contributed by atoms with van der Waals surface area (Å²) in [5.74, 6) is 0.567. The van der Waals surface area contributed by atoms with Gasteiger partial charge in [-0.1, -0.05) is 18.2 Å². The highest BCUT2D eigenvalue weighted by Gasteiger charge is 2.53. The normalized spacial score (nSPS) is 22.4. The van der Waals surface area contributed by atoms with E-state index >= 15 is 0 Å². The Kier molecular flexibility index (Phi) is 4.92. The van der Waals surface area contributed by atoms with Crippen LogP contribution in [0.3, 0.4) is 0 Å². The molecule has 2 saturated heterocycles. The molecule has 0 radical (unpaired) electrons. The number of benzene rings is 2. The lowest BCUT2D eigenvalue weighted by molar-refractivity contribution is 0.206. The Hall–Kier alpha value is -3.05. The first-order valence-electron chi connectivity index (χ1n) is 9.44. The Morgan fingerprint density at radius 1 is 1.10 bits per heavy atom. The Balaban J connectivity index is 1.68. The van der Waals surface area contributed by atoms with Crippen LogP contribution in [0.4, 0.5) is 10.5 Å². The van der Waals surface area contributed by atoms with Crippen molar-refractivity contribution >= 4 is 21.6 Å². The SMILES string of the molecule is CCOc1ccc(N2C(=O)N(Cc3ccccc3C#N)C3CS(=O)(=O)CC32)cc1. The van der Waals surface area contributed by atoms with E-state index in [1.54, 1.807) is 52.3 Å². The molecule has 8 heteroatoms. The number of anilines is 1. The maximum Gasteiger partial charge on any atom is 0.325 e. The van der Waals surface area contributed by atoms with Gasteiger partial charge >= 0.3 is 6.03 Å². The van der Waals surface area contributed by atoms with E-state index in [4.69, 9.17) is 4.74 Å². The Morgan fingerprint density at radius 2 is 1.79 bits per heavy atom. The maximum atomic E-state index is 13.3. The van der Waals surface area contributed by atoms with Gasteiger partial charge in [0.25, 0.3) is 0 Å². The van der Waals surface area contributed by atoms with Gasteiger partial charge in [-0.05, 0) is 42.8 Å². The fourth-order valence-corrected chi connectivity index (χ4v) is 6.03. The average molecular weight is 411 g/mol. The zero-order valence-electron chi connectivity index (χ0n) is 16.0. The summed E-state index contributed by atoms with van der Waals surface area (Å²) in [6, 6.07) is 15.2. The fourth-order valence-electron chi connectivity index (χ4n) is 4.08. The Bertz CT molecular complexity index is 1080. The molecule has 0 aliphatic carbocycles. The summed E-state index contributed by atoms with van der Waals surface area (Å²) in [4.78, 5) is 16.4. The summed E-state index contributed by atoms with van der Waals surface area (Å²) >= 11 is 0. The van der Waals surface area contributed by atoms with Gasteiger partial charge in [0.1, 0.15) is 5.75 Å². The number of hydrogen-bond donors (Lipinski definition) is 0. The summed E-state index contributed by atoms with van der Waals surface area (Å²) in [5.41, 5.74) is 1.83. The third-order valence-electron chi connectivity index (χ3n) is 5.38. The molecular weight excluding hydrogens is 390 g/mol. The van der Waals surface area contributed by atoms with Crippen LogP contribution in [-0.2, 0) is 16.4 Å². The van der Waals surface area contributed by atoms with Gasteiger partial charge in [-0.3, -0.25) is 4.90 Å². The van der Waals surface area contributed by atoms with E-state index in [2.05, 4.69) is 6.07 Å². The minimum Gasteiger partial charge on any atom is -0.494 e. The van der Waals surface area contributed by atoms with Gasteiger partial charge in [0.15, 0.2) is 9.84 Å². The van der Waals surface area contributed by atoms with Gasteiger partial charge in [-0.2, -0.15) is 5.26 Å². The second-order valence-electron chi connectivity index (χ2n) is 7.19. The van der Waals surface area contributed by atoms with Crippen molar-refractivity contribution in [1.82, 2.24) is 4.90 Å². The minimum absolute atomic E-state index is 0.0625. The highest BCUT2D eigenvalue weighted by atomic mass is 32.2. The van der Waals surface area contributed by atoms with Crippen LogP contribution in [0, 0.1) is 11.3 Å². The molecule has 0 N–H and O–H groups in total. The fraction of sp³-hybridized carbons (Fsp3) is 0.333. The monoisotopic (exact) mass is 411 g/mol. The van der Waals surface area contributed by atoms with Gasteiger partial charge in [-0.25, -0.2) is 13.2 Å². The van der Waals surface area contributed by atoms with Crippen LogP contribution in [0.5, 0.6) is 5.75 Å². The molecule has 4 rings (SSSR count). The molecule has 2 unspecified atom stereocenters. The number of carbonyl (C=O) groups is 1. The van der Waals surface area contributed by atoms with E-state index in [9.17, 15) is 18.5 Å². The largest absolute Gasteiger partial charge is 0.494 e. The smallest absolute Gasteiger partial charge is 0.325 e. The Labute approximate surface area is 170 Å². The topological polar surface area (TPSA) is 90.7 Å². The van der Waals surface area contributed by atoms with Crippen LogP contribution in [-0.4, -0.2) is 49.5 Å². The maximum absolute atomic E-state index is 13.3. The number of nitrogens with zero attached hydrogens (tertiary/aromatic N) is 3.